The third-order valence-corrected chi connectivity index (χ3v) is 6.53. The number of aromatic amines is 1. The van der Waals surface area contributed by atoms with Gasteiger partial charge in [0.15, 0.2) is 17.0 Å². The molecule has 1 unspecified atom stereocenters. The Kier molecular flexibility index (Phi) is 5.35. The smallest absolute Gasteiger partial charge is 0.330 e. The van der Waals surface area contributed by atoms with E-state index in [1.54, 1.807) is 20.3 Å². The first-order valence-electron chi connectivity index (χ1n) is 9.09. The van der Waals surface area contributed by atoms with Gasteiger partial charge in [-0.25, -0.2) is 4.79 Å². The molecule has 4 rings (SSSR count). The maximum Gasteiger partial charge on any atom is 0.330 e. The number of hydrogen-bond acceptors (Lipinski definition) is 4. The van der Waals surface area contributed by atoms with Crippen LogP contribution in [-0.4, -0.2) is 36.8 Å². The van der Waals surface area contributed by atoms with Gasteiger partial charge in [-0.2, -0.15) is 0 Å². The summed E-state index contributed by atoms with van der Waals surface area (Å²) in [7, 11) is 3.14. The molecule has 0 spiro atoms. The van der Waals surface area contributed by atoms with Crippen molar-refractivity contribution in [2.24, 2.45) is 0 Å². The molecule has 1 aromatic heterocycles. The quantitative estimate of drug-likeness (QED) is 0.462. The van der Waals surface area contributed by atoms with Crippen molar-refractivity contribution in [3.05, 3.63) is 56.1 Å². The average molecular weight is 524 g/mol. The van der Waals surface area contributed by atoms with Crippen molar-refractivity contribution in [1.29, 1.82) is 0 Å². The van der Waals surface area contributed by atoms with E-state index in [4.69, 9.17) is 9.47 Å². The summed E-state index contributed by atoms with van der Waals surface area (Å²) < 4.78 is 12.5. The number of rotatable bonds is 5. The molecule has 6 nitrogen and oxygen atoms in total. The Hall–Kier alpha value is -2.03. The molecule has 152 valence electrons. The van der Waals surface area contributed by atoms with Gasteiger partial charge in [0.25, 0.3) is 0 Å². The zero-order valence-corrected chi connectivity index (χ0v) is 19.1. The largest absolute Gasteiger partial charge is 0.493 e. The number of hydrogen-bond donors (Lipinski definition) is 3. The highest BCUT2D eigenvalue weighted by Crippen LogP contribution is 2.40. The Labute approximate surface area is 184 Å². The standard InChI is InChI=1S/C21H20Br2N2O4/c1-28-16-4-3-11(7-17(16)29-2)10-21(20(26)27)19-13(5-6-24-21)14-8-12(22)9-15(23)18(14)25-19/h3-4,7-9,24-25H,5-6,10H2,1-2H3,(H,26,27). The molecule has 2 aromatic carbocycles. The molecule has 0 saturated heterocycles. The van der Waals surface area contributed by atoms with Gasteiger partial charge in [0.2, 0.25) is 0 Å². The topological polar surface area (TPSA) is 83.6 Å². The third-order valence-electron chi connectivity index (χ3n) is 5.44. The summed E-state index contributed by atoms with van der Waals surface area (Å²) in [5.41, 5.74) is 2.20. The van der Waals surface area contributed by atoms with Crippen molar-refractivity contribution in [2.75, 3.05) is 20.8 Å². The van der Waals surface area contributed by atoms with E-state index in [-0.39, 0.29) is 6.42 Å². The molecule has 0 saturated carbocycles. The van der Waals surface area contributed by atoms with Crippen molar-refractivity contribution in [3.8, 4) is 11.5 Å². The number of benzene rings is 2. The molecule has 1 aliphatic rings. The van der Waals surface area contributed by atoms with E-state index in [0.29, 0.717) is 23.7 Å². The van der Waals surface area contributed by atoms with Gasteiger partial charge in [-0.1, -0.05) is 22.0 Å². The molecule has 1 atom stereocenters. The lowest BCUT2D eigenvalue weighted by Gasteiger charge is -2.35. The van der Waals surface area contributed by atoms with Crippen LogP contribution in [-0.2, 0) is 23.2 Å². The number of fused-ring (bicyclic) bond motifs is 3. The molecule has 29 heavy (non-hydrogen) atoms. The van der Waals surface area contributed by atoms with Crippen LogP contribution in [0.2, 0.25) is 0 Å². The molecule has 1 aliphatic heterocycles. The highest BCUT2D eigenvalue weighted by Gasteiger charge is 2.46. The minimum Gasteiger partial charge on any atom is -0.493 e. The Bertz CT molecular complexity index is 1110. The Morgan fingerprint density at radius 1 is 1.17 bits per heavy atom. The second-order valence-corrected chi connectivity index (χ2v) is 8.81. The summed E-state index contributed by atoms with van der Waals surface area (Å²) in [6.45, 7) is 0.573. The van der Waals surface area contributed by atoms with Gasteiger partial charge in [0.1, 0.15) is 0 Å². The van der Waals surface area contributed by atoms with Crippen LogP contribution >= 0.6 is 31.9 Å². The number of H-pyrrole nitrogens is 1. The predicted molar refractivity (Wildman–Crippen MR) is 118 cm³/mol. The van der Waals surface area contributed by atoms with Gasteiger partial charge >= 0.3 is 5.97 Å². The van der Waals surface area contributed by atoms with Gasteiger partial charge < -0.3 is 19.6 Å². The van der Waals surface area contributed by atoms with Gasteiger partial charge in [0, 0.05) is 27.3 Å². The summed E-state index contributed by atoms with van der Waals surface area (Å²) in [5, 5.41) is 14.6. The third kappa shape index (κ3) is 3.33. The second kappa shape index (κ2) is 7.66. The fraction of sp³-hybridized carbons (Fsp3) is 0.286. The first-order chi connectivity index (χ1) is 13.9. The Balaban J connectivity index is 1.87. The molecule has 8 heteroatoms. The normalized spacial score (nSPS) is 18.5. The average Bonchev–Trinajstić information content (AvgIpc) is 3.08. The van der Waals surface area contributed by atoms with E-state index in [0.717, 1.165) is 37.4 Å². The first-order valence-corrected chi connectivity index (χ1v) is 10.7. The molecule has 0 fully saturated rings. The van der Waals surface area contributed by atoms with Gasteiger partial charge in [-0.3, -0.25) is 5.32 Å². The van der Waals surface area contributed by atoms with Crippen molar-refractivity contribution in [3.63, 3.8) is 0 Å². The van der Waals surface area contributed by atoms with Crippen LogP contribution in [0.1, 0.15) is 16.8 Å². The number of halogens is 2. The lowest BCUT2D eigenvalue weighted by molar-refractivity contribution is -0.145. The van der Waals surface area contributed by atoms with Crippen molar-refractivity contribution in [1.82, 2.24) is 10.3 Å². The Morgan fingerprint density at radius 3 is 2.62 bits per heavy atom. The molecular weight excluding hydrogens is 504 g/mol. The molecule has 2 heterocycles. The zero-order valence-electron chi connectivity index (χ0n) is 15.9. The van der Waals surface area contributed by atoms with Gasteiger partial charge in [-0.15, -0.1) is 0 Å². The minimum atomic E-state index is -1.27. The van der Waals surface area contributed by atoms with E-state index in [1.807, 2.05) is 24.3 Å². The summed E-state index contributed by atoms with van der Waals surface area (Å²) in [5.74, 6) is 0.261. The molecule has 3 aromatic rings. The number of aliphatic carboxylic acids is 1. The van der Waals surface area contributed by atoms with Crippen LogP contribution in [0.4, 0.5) is 0 Å². The van der Waals surface area contributed by atoms with Crippen LogP contribution in [0.25, 0.3) is 10.9 Å². The molecule has 0 aliphatic carbocycles. The Morgan fingerprint density at radius 2 is 1.93 bits per heavy atom. The lowest BCUT2D eigenvalue weighted by Crippen LogP contribution is -2.54. The number of carboxylic acid groups (broad SMARTS) is 1. The minimum absolute atomic E-state index is 0.265. The number of carbonyl (C=O) groups is 1. The maximum absolute atomic E-state index is 12.6. The van der Waals surface area contributed by atoms with Crippen LogP contribution < -0.4 is 14.8 Å². The molecule has 3 N–H and O–H groups in total. The van der Waals surface area contributed by atoms with Crippen LogP contribution in [0.3, 0.4) is 0 Å². The number of methoxy groups -OCH3 is 2. The van der Waals surface area contributed by atoms with E-state index in [2.05, 4.69) is 42.2 Å². The monoisotopic (exact) mass is 522 g/mol. The summed E-state index contributed by atoms with van der Waals surface area (Å²) in [6, 6.07) is 9.48. The molecule has 0 amide bonds. The molecule has 0 radical (unpaired) electrons. The summed E-state index contributed by atoms with van der Waals surface area (Å²) in [6.07, 6.45) is 1.01. The van der Waals surface area contributed by atoms with Gasteiger partial charge in [-0.05, 0) is 57.7 Å². The number of ether oxygens (including phenoxy) is 2. The van der Waals surface area contributed by atoms with Crippen LogP contribution in [0.5, 0.6) is 11.5 Å². The fourth-order valence-electron chi connectivity index (χ4n) is 4.09. The van der Waals surface area contributed by atoms with Gasteiger partial charge in [0.05, 0.1) is 25.4 Å². The van der Waals surface area contributed by atoms with Crippen molar-refractivity contribution in [2.45, 2.75) is 18.4 Å². The summed E-state index contributed by atoms with van der Waals surface area (Å²) >= 11 is 7.13. The summed E-state index contributed by atoms with van der Waals surface area (Å²) in [4.78, 5) is 16.0. The van der Waals surface area contributed by atoms with Crippen LogP contribution in [0, 0.1) is 0 Å². The van der Waals surface area contributed by atoms with E-state index < -0.39 is 11.5 Å². The van der Waals surface area contributed by atoms with Crippen LogP contribution in [0.15, 0.2) is 39.3 Å². The number of aromatic nitrogens is 1. The maximum atomic E-state index is 12.6. The zero-order chi connectivity index (χ0) is 20.8. The van der Waals surface area contributed by atoms with Crippen molar-refractivity contribution < 1.29 is 19.4 Å². The fourth-order valence-corrected chi connectivity index (χ4v) is 5.42. The number of nitrogens with one attached hydrogen (secondary N) is 2. The highest BCUT2D eigenvalue weighted by molar-refractivity contribution is 9.11. The lowest BCUT2D eigenvalue weighted by atomic mass is 9.82. The number of carboxylic acids is 1. The van der Waals surface area contributed by atoms with E-state index in [9.17, 15) is 9.90 Å². The second-order valence-electron chi connectivity index (χ2n) is 7.04. The van der Waals surface area contributed by atoms with Crippen molar-refractivity contribution >= 4 is 48.7 Å². The van der Waals surface area contributed by atoms with E-state index in [1.165, 1.54) is 0 Å². The predicted octanol–water partition coefficient (Wildman–Crippen LogP) is 4.38. The SMILES string of the molecule is COc1ccc(CC2(C(=O)O)NCCc3c2[nH]c2c(Br)cc(Br)cc32)cc1OC. The highest BCUT2D eigenvalue weighted by atomic mass is 79.9. The first kappa shape index (κ1) is 20.3. The van der Waals surface area contributed by atoms with E-state index >= 15 is 0 Å². The molecule has 0 bridgehead atoms. The molecular formula is C21H20Br2N2O4.